The topological polar surface area (TPSA) is 122 Å². The Labute approximate surface area is 176 Å². The number of carbonyl (C=O) groups is 1. The van der Waals surface area contributed by atoms with Crippen molar-refractivity contribution >= 4 is 27.3 Å². The number of oxime groups is 1. The molecule has 0 spiro atoms. The Morgan fingerprint density at radius 2 is 1.87 bits per heavy atom. The molecule has 3 rings (SSSR count). The Hall–Kier alpha value is -2.81. The molecule has 1 aromatic heterocycles. The molecule has 0 radical (unpaired) electrons. The van der Waals surface area contributed by atoms with E-state index < -0.39 is 15.8 Å². The summed E-state index contributed by atoms with van der Waals surface area (Å²) in [5.74, 6) is 0.151. The van der Waals surface area contributed by atoms with Crippen LogP contribution in [0.2, 0.25) is 0 Å². The summed E-state index contributed by atoms with van der Waals surface area (Å²) in [6.45, 7) is 1.60. The van der Waals surface area contributed by atoms with Crippen LogP contribution >= 0.6 is 0 Å². The highest BCUT2D eigenvalue weighted by Crippen LogP contribution is 2.35. The molecule has 8 nitrogen and oxygen atoms in total. The molecule has 1 aromatic carbocycles. The fourth-order valence-corrected chi connectivity index (χ4v) is 4.40. The van der Waals surface area contributed by atoms with Gasteiger partial charge in [0, 0.05) is 6.26 Å². The van der Waals surface area contributed by atoms with Crippen LogP contribution < -0.4 is 5.32 Å². The van der Waals surface area contributed by atoms with Gasteiger partial charge in [0.2, 0.25) is 5.91 Å². The monoisotopic (exact) mass is 430 g/mol. The summed E-state index contributed by atoms with van der Waals surface area (Å²) < 4.78 is 23.5. The van der Waals surface area contributed by atoms with Gasteiger partial charge in [-0.2, -0.15) is 0 Å². The van der Waals surface area contributed by atoms with Crippen LogP contribution in [0.1, 0.15) is 56.2 Å². The van der Waals surface area contributed by atoms with Crippen molar-refractivity contribution in [3.05, 3.63) is 47.9 Å². The SMILES string of the molecule is CC(=NO)c1cnc(NC(=O)[C@H](CC2CCCC2)c2ccc(S(C)(=O)=O)cc2)cn1. The molecule has 1 atom stereocenters. The smallest absolute Gasteiger partial charge is 0.233 e. The molecule has 1 heterocycles. The van der Waals surface area contributed by atoms with Gasteiger partial charge in [-0.3, -0.25) is 4.79 Å². The zero-order chi connectivity index (χ0) is 21.7. The molecule has 0 bridgehead atoms. The lowest BCUT2D eigenvalue weighted by Gasteiger charge is -2.20. The van der Waals surface area contributed by atoms with Crippen molar-refractivity contribution in [1.82, 2.24) is 9.97 Å². The molecule has 0 aliphatic heterocycles. The minimum absolute atomic E-state index is 0.205. The third kappa shape index (κ3) is 5.41. The van der Waals surface area contributed by atoms with E-state index in [1.54, 1.807) is 31.2 Å². The van der Waals surface area contributed by atoms with E-state index in [2.05, 4.69) is 20.4 Å². The maximum atomic E-state index is 13.1. The zero-order valence-corrected chi connectivity index (χ0v) is 17.9. The first-order valence-electron chi connectivity index (χ1n) is 9.90. The van der Waals surface area contributed by atoms with Crippen molar-refractivity contribution < 1.29 is 18.4 Å². The first-order chi connectivity index (χ1) is 14.3. The molecule has 2 aromatic rings. The summed E-state index contributed by atoms with van der Waals surface area (Å²) in [7, 11) is -3.30. The average molecular weight is 431 g/mol. The van der Waals surface area contributed by atoms with Crippen LogP contribution in [0.25, 0.3) is 0 Å². The van der Waals surface area contributed by atoms with E-state index in [0.29, 0.717) is 29.6 Å². The van der Waals surface area contributed by atoms with Crippen molar-refractivity contribution in [3.63, 3.8) is 0 Å². The van der Waals surface area contributed by atoms with Crippen molar-refractivity contribution in [1.29, 1.82) is 0 Å². The lowest BCUT2D eigenvalue weighted by atomic mass is 9.87. The lowest BCUT2D eigenvalue weighted by molar-refractivity contribution is -0.118. The average Bonchev–Trinajstić information content (AvgIpc) is 3.25. The van der Waals surface area contributed by atoms with E-state index in [1.165, 1.54) is 25.2 Å². The predicted octanol–water partition coefficient (Wildman–Crippen LogP) is 3.38. The summed E-state index contributed by atoms with van der Waals surface area (Å²) in [5, 5.41) is 14.7. The standard InChI is InChI=1S/C21H26N4O4S/c1-14(25-27)19-12-23-20(13-22-19)24-21(26)18(11-15-5-3-4-6-15)16-7-9-17(10-8-16)30(2,28)29/h7-10,12-13,15,18,27H,3-6,11H2,1-2H3,(H,23,24,26)/t18-/m1/s1. The zero-order valence-electron chi connectivity index (χ0n) is 17.1. The highest BCUT2D eigenvalue weighted by atomic mass is 32.2. The highest BCUT2D eigenvalue weighted by Gasteiger charge is 2.27. The summed E-state index contributed by atoms with van der Waals surface area (Å²) in [6, 6.07) is 6.52. The number of aromatic nitrogens is 2. The molecule has 1 aliphatic rings. The molecular formula is C21H26N4O4S. The van der Waals surface area contributed by atoms with Gasteiger partial charge in [0.05, 0.1) is 23.2 Å². The van der Waals surface area contributed by atoms with Crippen LogP contribution in [-0.2, 0) is 14.6 Å². The van der Waals surface area contributed by atoms with Crippen molar-refractivity contribution in [3.8, 4) is 0 Å². The molecule has 1 saturated carbocycles. The minimum atomic E-state index is -3.30. The summed E-state index contributed by atoms with van der Waals surface area (Å²) >= 11 is 0. The third-order valence-corrected chi connectivity index (χ3v) is 6.62. The van der Waals surface area contributed by atoms with Crippen molar-refractivity contribution in [2.75, 3.05) is 11.6 Å². The number of nitrogens with one attached hydrogen (secondary N) is 1. The summed E-state index contributed by atoms with van der Waals surface area (Å²) in [4.78, 5) is 21.6. The van der Waals surface area contributed by atoms with Crippen LogP contribution in [0.3, 0.4) is 0 Å². The van der Waals surface area contributed by atoms with Gasteiger partial charge in [-0.15, -0.1) is 0 Å². The molecule has 30 heavy (non-hydrogen) atoms. The minimum Gasteiger partial charge on any atom is -0.411 e. The molecule has 0 unspecified atom stereocenters. The van der Waals surface area contributed by atoms with Gasteiger partial charge in [-0.05, 0) is 37.0 Å². The predicted molar refractivity (Wildman–Crippen MR) is 114 cm³/mol. The first kappa shape index (κ1) is 21.9. The number of nitrogens with zero attached hydrogens (tertiary/aromatic N) is 3. The molecule has 2 N–H and O–H groups in total. The maximum Gasteiger partial charge on any atom is 0.233 e. The van der Waals surface area contributed by atoms with Gasteiger partial charge in [-0.25, -0.2) is 18.4 Å². The summed E-state index contributed by atoms with van der Waals surface area (Å²) in [5.41, 5.74) is 1.51. The van der Waals surface area contributed by atoms with Crippen LogP contribution in [-0.4, -0.2) is 41.5 Å². The Bertz CT molecular complexity index is 1010. The number of rotatable bonds is 7. The van der Waals surface area contributed by atoms with E-state index in [9.17, 15) is 13.2 Å². The third-order valence-electron chi connectivity index (χ3n) is 5.49. The number of hydrogen-bond donors (Lipinski definition) is 2. The normalized spacial score (nSPS) is 16.4. The molecule has 1 amide bonds. The van der Waals surface area contributed by atoms with E-state index in [-0.39, 0.29) is 10.8 Å². The second kappa shape index (κ2) is 9.34. The van der Waals surface area contributed by atoms with Crippen LogP contribution in [0.5, 0.6) is 0 Å². The van der Waals surface area contributed by atoms with Crippen molar-refractivity contribution in [2.45, 2.75) is 49.8 Å². The first-order valence-corrected chi connectivity index (χ1v) is 11.8. The van der Waals surface area contributed by atoms with Crippen LogP contribution in [0.4, 0.5) is 5.82 Å². The Morgan fingerprint density at radius 1 is 1.20 bits per heavy atom. The van der Waals surface area contributed by atoms with Gasteiger partial charge in [0.1, 0.15) is 11.4 Å². The fraction of sp³-hybridized carbons (Fsp3) is 0.429. The van der Waals surface area contributed by atoms with Gasteiger partial charge in [0.15, 0.2) is 15.7 Å². The largest absolute Gasteiger partial charge is 0.411 e. The number of hydrogen-bond acceptors (Lipinski definition) is 7. The molecule has 160 valence electrons. The molecule has 1 aliphatic carbocycles. The second-order valence-corrected chi connectivity index (χ2v) is 9.76. The molecule has 9 heteroatoms. The van der Waals surface area contributed by atoms with Crippen molar-refractivity contribution in [2.24, 2.45) is 11.1 Å². The van der Waals surface area contributed by atoms with Crippen LogP contribution in [0, 0.1) is 5.92 Å². The number of benzene rings is 1. The van der Waals surface area contributed by atoms with Gasteiger partial charge in [0.25, 0.3) is 0 Å². The van der Waals surface area contributed by atoms with E-state index in [0.717, 1.165) is 24.7 Å². The number of anilines is 1. The number of carbonyl (C=O) groups excluding carboxylic acids is 1. The van der Waals surface area contributed by atoms with Crippen LogP contribution in [0.15, 0.2) is 46.7 Å². The lowest BCUT2D eigenvalue weighted by Crippen LogP contribution is -2.24. The quantitative estimate of drug-likeness (QED) is 0.394. The van der Waals surface area contributed by atoms with E-state index in [1.807, 2.05) is 0 Å². The Kier molecular flexibility index (Phi) is 6.81. The van der Waals surface area contributed by atoms with Gasteiger partial charge >= 0.3 is 0 Å². The highest BCUT2D eigenvalue weighted by molar-refractivity contribution is 7.90. The Balaban J connectivity index is 1.81. The number of sulfone groups is 1. The fourth-order valence-electron chi connectivity index (χ4n) is 3.77. The second-order valence-electron chi connectivity index (χ2n) is 7.74. The molecule has 1 fully saturated rings. The summed E-state index contributed by atoms with van der Waals surface area (Å²) in [6.07, 6.45) is 9.25. The van der Waals surface area contributed by atoms with Gasteiger partial charge < -0.3 is 10.5 Å². The molecular weight excluding hydrogens is 404 g/mol. The van der Waals surface area contributed by atoms with E-state index >= 15 is 0 Å². The Morgan fingerprint density at radius 3 is 2.40 bits per heavy atom. The van der Waals surface area contributed by atoms with E-state index in [4.69, 9.17) is 5.21 Å². The molecule has 0 saturated heterocycles. The maximum absolute atomic E-state index is 13.1. The number of amides is 1. The van der Waals surface area contributed by atoms with Gasteiger partial charge in [-0.1, -0.05) is 43.0 Å².